The quantitative estimate of drug-likeness (QED) is 0.680. The van der Waals surface area contributed by atoms with E-state index in [1.165, 1.54) is 24.0 Å². The minimum atomic E-state index is -0.285. The average Bonchev–Trinajstić information content (AvgIpc) is 2.85. The molecule has 0 amide bonds. The Labute approximate surface area is 96.1 Å². The Kier molecular flexibility index (Phi) is 2.04. The van der Waals surface area contributed by atoms with Crippen LogP contribution in [0.4, 0.5) is 0 Å². The molecule has 0 bridgehead atoms. The lowest BCUT2D eigenvalue weighted by molar-refractivity contribution is 0.0606. The van der Waals surface area contributed by atoms with Crippen LogP contribution < -0.4 is 9.89 Å². The van der Waals surface area contributed by atoms with Gasteiger partial charge in [-0.05, 0) is 24.1 Å². The van der Waals surface area contributed by atoms with Crippen LogP contribution in [0, 0.1) is 0 Å². The van der Waals surface area contributed by atoms with Crippen LogP contribution in [-0.2, 0) is 4.74 Å². The molecule has 0 spiro atoms. The van der Waals surface area contributed by atoms with Gasteiger partial charge in [0.05, 0.1) is 12.8 Å². The second-order valence-electron chi connectivity index (χ2n) is 3.60. The smallest absolute Gasteiger partial charge is 0.348 e. The number of hydrogen-bond donors (Lipinski definition) is 0. The highest BCUT2D eigenvalue weighted by molar-refractivity contribution is 7.11. The first-order valence-corrected chi connectivity index (χ1v) is 5.78. The number of thiophene rings is 1. The average molecular weight is 231 g/mol. The molecule has 0 unspecified atom stereocenters. The predicted molar refractivity (Wildman–Crippen MR) is 61.7 cm³/mol. The normalized spacial score (nSPS) is 16.3. The van der Waals surface area contributed by atoms with Crippen LogP contribution in [0.5, 0.6) is 0 Å². The summed E-state index contributed by atoms with van der Waals surface area (Å²) in [5.74, 6) is -0.285. The third-order valence-electron chi connectivity index (χ3n) is 2.67. The third kappa shape index (κ3) is 1.27. The maximum absolute atomic E-state index is 11.4. The van der Waals surface area contributed by atoms with Gasteiger partial charge in [-0.1, -0.05) is 12.2 Å². The fraction of sp³-hybridized carbons (Fsp3) is 0.167. The Hall–Kier alpha value is -1.68. The van der Waals surface area contributed by atoms with Crippen molar-refractivity contribution in [3.05, 3.63) is 44.8 Å². The first-order valence-electron chi connectivity index (χ1n) is 4.97. The van der Waals surface area contributed by atoms with Gasteiger partial charge in [-0.15, -0.1) is 11.3 Å². The van der Waals surface area contributed by atoms with E-state index in [9.17, 15) is 4.79 Å². The molecular formula is C12H9NO2S. The monoisotopic (exact) mass is 231 g/mol. The van der Waals surface area contributed by atoms with Crippen LogP contribution in [-0.4, -0.2) is 13.1 Å². The molecule has 80 valence electrons. The summed E-state index contributed by atoms with van der Waals surface area (Å²) >= 11 is 1.39. The topological polar surface area (TPSA) is 38.7 Å². The zero-order valence-corrected chi connectivity index (χ0v) is 9.50. The summed E-state index contributed by atoms with van der Waals surface area (Å²) in [6, 6.07) is 1.88. The van der Waals surface area contributed by atoms with Crippen LogP contribution in [0.3, 0.4) is 0 Å². The summed E-state index contributed by atoms with van der Waals surface area (Å²) in [7, 11) is 1.39. The maximum atomic E-state index is 11.4. The van der Waals surface area contributed by atoms with Crippen LogP contribution >= 0.6 is 11.3 Å². The number of hydrogen-bond acceptors (Lipinski definition) is 4. The van der Waals surface area contributed by atoms with Gasteiger partial charge in [-0.25, -0.2) is 9.79 Å². The van der Waals surface area contributed by atoms with Crippen molar-refractivity contribution in [3.63, 3.8) is 0 Å². The van der Waals surface area contributed by atoms with E-state index < -0.39 is 0 Å². The van der Waals surface area contributed by atoms with Crippen LogP contribution in [0.1, 0.15) is 16.1 Å². The molecule has 1 aliphatic carbocycles. The Morgan fingerprint density at radius 2 is 2.44 bits per heavy atom. The second kappa shape index (κ2) is 3.42. The summed E-state index contributed by atoms with van der Waals surface area (Å²) in [5, 5.41) is 1.08. The summed E-state index contributed by atoms with van der Waals surface area (Å²) in [5.41, 5.74) is 2.24. The van der Waals surface area contributed by atoms with Crippen molar-refractivity contribution >= 4 is 22.9 Å². The fourth-order valence-electron chi connectivity index (χ4n) is 1.89. The predicted octanol–water partition coefficient (Wildman–Crippen LogP) is 1.16. The fourth-order valence-corrected chi connectivity index (χ4v) is 2.88. The van der Waals surface area contributed by atoms with Crippen molar-refractivity contribution in [1.82, 2.24) is 0 Å². The van der Waals surface area contributed by atoms with E-state index in [1.54, 1.807) is 0 Å². The van der Waals surface area contributed by atoms with E-state index in [0.717, 1.165) is 22.0 Å². The van der Waals surface area contributed by atoms with E-state index in [4.69, 9.17) is 4.74 Å². The highest BCUT2D eigenvalue weighted by Gasteiger charge is 2.18. The summed E-state index contributed by atoms with van der Waals surface area (Å²) in [6.45, 7) is 0. The zero-order chi connectivity index (χ0) is 11.1. The Morgan fingerprint density at radius 1 is 1.56 bits per heavy atom. The van der Waals surface area contributed by atoms with E-state index in [-0.39, 0.29) is 5.97 Å². The maximum Gasteiger partial charge on any atom is 0.348 e. The molecule has 2 heterocycles. The first kappa shape index (κ1) is 9.54. The molecule has 0 aromatic carbocycles. The largest absolute Gasteiger partial charge is 0.465 e. The molecule has 2 aliphatic rings. The van der Waals surface area contributed by atoms with Gasteiger partial charge in [0, 0.05) is 5.22 Å². The molecule has 0 saturated heterocycles. The number of carbonyl (C=O) groups is 1. The lowest BCUT2D eigenvalue weighted by atomic mass is 10.0. The van der Waals surface area contributed by atoms with Crippen molar-refractivity contribution in [2.24, 2.45) is 4.99 Å². The molecule has 0 radical (unpaired) electrons. The van der Waals surface area contributed by atoms with Gasteiger partial charge in [0.25, 0.3) is 0 Å². The molecular weight excluding hydrogens is 222 g/mol. The van der Waals surface area contributed by atoms with Gasteiger partial charge in [0.1, 0.15) is 9.55 Å². The van der Waals surface area contributed by atoms with Crippen molar-refractivity contribution in [2.45, 2.75) is 6.42 Å². The highest BCUT2D eigenvalue weighted by Crippen LogP contribution is 2.23. The van der Waals surface area contributed by atoms with Crippen LogP contribution in [0.2, 0.25) is 0 Å². The van der Waals surface area contributed by atoms with E-state index in [2.05, 4.69) is 11.1 Å². The lowest BCUT2D eigenvalue weighted by Gasteiger charge is -2.03. The molecule has 1 aliphatic heterocycles. The Balaban J connectivity index is 2.21. The molecule has 3 rings (SSSR count). The molecule has 0 saturated carbocycles. The Morgan fingerprint density at radius 3 is 3.25 bits per heavy atom. The number of esters is 1. The number of methoxy groups -OCH3 is 1. The number of carbonyl (C=O) groups excluding carboxylic acids is 1. The lowest BCUT2D eigenvalue weighted by Crippen LogP contribution is -2.15. The number of allylic oxidation sites excluding steroid dienone is 4. The number of fused-ring (bicyclic) bond motifs is 2. The first-order chi connectivity index (χ1) is 7.79. The SMILES string of the molecule is COC(=O)c1cc2c(s1)=NC1=CC=CCC=21. The van der Waals surface area contributed by atoms with Gasteiger partial charge in [-0.2, -0.15) is 0 Å². The standard InChI is InChI=1S/C12H9NO2S/c1-15-12(14)10-6-8-7-4-2-3-5-9(7)13-11(8)16-10/h2-3,5-6H,4H2,1H3. The molecule has 1 aromatic heterocycles. The number of nitrogens with zero attached hydrogens (tertiary/aromatic N) is 1. The minimum absolute atomic E-state index is 0.285. The molecule has 0 fully saturated rings. The van der Waals surface area contributed by atoms with Crippen LogP contribution in [0.25, 0.3) is 5.57 Å². The summed E-state index contributed by atoms with van der Waals surface area (Å²) < 4.78 is 5.62. The second-order valence-corrected chi connectivity index (χ2v) is 4.63. The van der Waals surface area contributed by atoms with Crippen molar-refractivity contribution in [3.8, 4) is 0 Å². The molecule has 3 nitrogen and oxygen atoms in total. The summed E-state index contributed by atoms with van der Waals surface area (Å²) in [6.07, 6.45) is 7.00. The van der Waals surface area contributed by atoms with Crippen molar-refractivity contribution < 1.29 is 9.53 Å². The highest BCUT2D eigenvalue weighted by atomic mass is 32.1. The van der Waals surface area contributed by atoms with Gasteiger partial charge in [-0.3, -0.25) is 0 Å². The zero-order valence-electron chi connectivity index (χ0n) is 8.69. The summed E-state index contributed by atoms with van der Waals surface area (Å²) in [4.78, 5) is 16.5. The van der Waals surface area contributed by atoms with E-state index in [0.29, 0.717) is 4.88 Å². The number of rotatable bonds is 1. The molecule has 0 atom stereocenters. The third-order valence-corrected chi connectivity index (χ3v) is 3.68. The van der Waals surface area contributed by atoms with E-state index in [1.807, 2.05) is 18.2 Å². The van der Waals surface area contributed by atoms with Crippen LogP contribution in [0.15, 0.2) is 35.0 Å². The van der Waals surface area contributed by atoms with E-state index >= 15 is 0 Å². The molecule has 0 N–H and O–H groups in total. The van der Waals surface area contributed by atoms with Gasteiger partial charge in [0.15, 0.2) is 0 Å². The van der Waals surface area contributed by atoms with Crippen molar-refractivity contribution in [1.29, 1.82) is 0 Å². The van der Waals surface area contributed by atoms with Gasteiger partial charge < -0.3 is 4.74 Å². The van der Waals surface area contributed by atoms with Gasteiger partial charge in [0.2, 0.25) is 0 Å². The van der Waals surface area contributed by atoms with Crippen molar-refractivity contribution in [2.75, 3.05) is 7.11 Å². The molecule has 4 heteroatoms. The molecule has 16 heavy (non-hydrogen) atoms. The molecule has 1 aromatic rings. The van der Waals surface area contributed by atoms with Gasteiger partial charge >= 0.3 is 5.97 Å². The Bertz CT molecular complexity index is 649. The minimum Gasteiger partial charge on any atom is -0.465 e. The number of ether oxygens (including phenoxy) is 1.